The molecule has 2 nitrogen and oxygen atoms in total. The fourth-order valence-electron chi connectivity index (χ4n) is 2.56. The van der Waals surface area contributed by atoms with Gasteiger partial charge in [0.05, 0.1) is 6.20 Å². The zero-order chi connectivity index (χ0) is 13.9. The average Bonchev–Trinajstić information content (AvgIpc) is 2.90. The number of aromatic nitrogens is 2. The summed E-state index contributed by atoms with van der Waals surface area (Å²) in [5, 5.41) is 4.50. The molecule has 1 aliphatic rings. The quantitative estimate of drug-likeness (QED) is 0.637. The van der Waals surface area contributed by atoms with E-state index >= 15 is 0 Å². The zero-order valence-electron chi connectivity index (χ0n) is 13.2. The van der Waals surface area contributed by atoms with Gasteiger partial charge in [-0.3, -0.25) is 4.68 Å². The molecule has 108 valence electrons. The van der Waals surface area contributed by atoms with E-state index in [1.54, 1.807) is 0 Å². The molecule has 1 saturated carbocycles. The van der Waals surface area contributed by atoms with Crippen molar-refractivity contribution in [3.8, 4) is 0 Å². The first-order valence-electron chi connectivity index (χ1n) is 7.92. The van der Waals surface area contributed by atoms with E-state index in [9.17, 15) is 0 Å². The van der Waals surface area contributed by atoms with Gasteiger partial charge in [0.25, 0.3) is 0 Å². The van der Waals surface area contributed by atoms with Crippen molar-refractivity contribution in [1.82, 2.24) is 9.78 Å². The van der Waals surface area contributed by atoms with Gasteiger partial charge in [-0.15, -0.1) is 0 Å². The lowest BCUT2D eigenvalue weighted by Crippen LogP contribution is -2.04. The van der Waals surface area contributed by atoms with Gasteiger partial charge < -0.3 is 0 Å². The fourth-order valence-corrected chi connectivity index (χ4v) is 2.56. The number of unbranched alkanes of at least 4 members (excludes halogenated alkanes) is 3. The monoisotopic (exact) mass is 262 g/mol. The summed E-state index contributed by atoms with van der Waals surface area (Å²) in [5.74, 6) is 0. The molecule has 1 heterocycles. The summed E-state index contributed by atoms with van der Waals surface area (Å²) in [6.07, 6.45) is 13.7. The molecule has 19 heavy (non-hydrogen) atoms. The lowest BCUT2D eigenvalue weighted by Gasteiger charge is -2.17. The molecule has 0 unspecified atom stereocenters. The molecule has 1 aromatic heterocycles. The second kappa shape index (κ2) is 5.68. The van der Waals surface area contributed by atoms with Crippen molar-refractivity contribution in [1.29, 1.82) is 0 Å². The fraction of sp³-hybridized carbons (Fsp3) is 0.824. The molecule has 0 amide bonds. The predicted molar refractivity (Wildman–Crippen MR) is 81.4 cm³/mol. The van der Waals surface area contributed by atoms with Gasteiger partial charge in [-0.2, -0.15) is 5.10 Å². The highest BCUT2D eigenvalue weighted by atomic mass is 15.3. The third kappa shape index (κ3) is 4.67. The normalized spacial score (nSPS) is 17.7. The van der Waals surface area contributed by atoms with Gasteiger partial charge in [-0.05, 0) is 42.1 Å². The highest BCUT2D eigenvalue weighted by Crippen LogP contribution is 2.47. The molecule has 0 bridgehead atoms. The maximum Gasteiger partial charge on any atom is 0.0527 e. The summed E-state index contributed by atoms with van der Waals surface area (Å²) < 4.78 is 2.14. The Morgan fingerprint density at radius 2 is 1.84 bits per heavy atom. The first-order valence-corrected chi connectivity index (χ1v) is 7.92. The summed E-state index contributed by atoms with van der Waals surface area (Å²) >= 11 is 0. The van der Waals surface area contributed by atoms with E-state index < -0.39 is 0 Å². The Labute approximate surface area is 118 Å². The second-order valence-corrected chi connectivity index (χ2v) is 7.78. The first kappa shape index (κ1) is 14.6. The van der Waals surface area contributed by atoms with Crippen LogP contribution in [0.3, 0.4) is 0 Å². The predicted octanol–water partition coefficient (Wildman–Crippen LogP) is 4.93. The SMILES string of the molecule is CC(C)(C)CCCCCCn1cc(C2(C)CC2)cn1. The Balaban J connectivity index is 1.60. The third-order valence-corrected chi connectivity index (χ3v) is 4.39. The van der Waals surface area contributed by atoms with Crippen molar-refractivity contribution < 1.29 is 0 Å². The zero-order valence-corrected chi connectivity index (χ0v) is 13.2. The molecule has 0 atom stereocenters. The van der Waals surface area contributed by atoms with Crippen LogP contribution >= 0.6 is 0 Å². The Kier molecular flexibility index (Phi) is 4.37. The van der Waals surface area contributed by atoms with Gasteiger partial charge in [0.2, 0.25) is 0 Å². The maximum atomic E-state index is 4.50. The number of hydrogen-bond donors (Lipinski definition) is 0. The minimum absolute atomic E-state index is 0.463. The van der Waals surface area contributed by atoms with E-state index in [1.165, 1.54) is 50.5 Å². The highest BCUT2D eigenvalue weighted by Gasteiger charge is 2.39. The van der Waals surface area contributed by atoms with Crippen LogP contribution in [0.4, 0.5) is 0 Å². The summed E-state index contributed by atoms with van der Waals surface area (Å²) in [6, 6.07) is 0. The Morgan fingerprint density at radius 1 is 1.16 bits per heavy atom. The van der Waals surface area contributed by atoms with Gasteiger partial charge in [0, 0.05) is 12.7 Å². The molecule has 1 aromatic rings. The smallest absolute Gasteiger partial charge is 0.0527 e. The maximum absolute atomic E-state index is 4.50. The van der Waals surface area contributed by atoms with E-state index in [2.05, 4.69) is 49.9 Å². The van der Waals surface area contributed by atoms with Gasteiger partial charge in [-0.25, -0.2) is 0 Å². The Morgan fingerprint density at radius 3 is 2.47 bits per heavy atom. The van der Waals surface area contributed by atoms with E-state index in [1.807, 2.05) is 0 Å². The number of nitrogens with zero attached hydrogens (tertiary/aromatic N) is 2. The summed E-state index contributed by atoms with van der Waals surface area (Å²) in [4.78, 5) is 0. The molecule has 2 heteroatoms. The molecule has 0 radical (unpaired) electrons. The number of hydrogen-bond acceptors (Lipinski definition) is 1. The van der Waals surface area contributed by atoms with Crippen LogP contribution < -0.4 is 0 Å². The van der Waals surface area contributed by atoms with Crippen molar-refractivity contribution in [3.63, 3.8) is 0 Å². The molecule has 0 N–H and O–H groups in total. The van der Waals surface area contributed by atoms with Crippen LogP contribution in [0.15, 0.2) is 12.4 Å². The van der Waals surface area contributed by atoms with Crippen molar-refractivity contribution >= 4 is 0 Å². The lowest BCUT2D eigenvalue weighted by molar-refractivity contribution is 0.355. The molecular formula is C17H30N2. The average molecular weight is 262 g/mol. The van der Waals surface area contributed by atoms with Crippen LogP contribution in [-0.4, -0.2) is 9.78 Å². The largest absolute Gasteiger partial charge is 0.272 e. The highest BCUT2D eigenvalue weighted by molar-refractivity contribution is 5.24. The molecule has 0 spiro atoms. The van der Waals surface area contributed by atoms with Crippen LogP contribution in [0.1, 0.15) is 78.2 Å². The minimum Gasteiger partial charge on any atom is -0.272 e. The number of rotatable bonds is 7. The molecule has 1 fully saturated rings. The van der Waals surface area contributed by atoms with Crippen molar-refractivity contribution in [3.05, 3.63) is 18.0 Å². The van der Waals surface area contributed by atoms with E-state index in [-0.39, 0.29) is 0 Å². The second-order valence-electron chi connectivity index (χ2n) is 7.78. The van der Waals surface area contributed by atoms with E-state index in [0.717, 1.165) is 6.54 Å². The van der Waals surface area contributed by atoms with Crippen LogP contribution in [0, 0.1) is 5.41 Å². The topological polar surface area (TPSA) is 17.8 Å². The van der Waals surface area contributed by atoms with E-state index in [0.29, 0.717) is 10.8 Å². The Bertz CT molecular complexity index is 394. The van der Waals surface area contributed by atoms with Gasteiger partial charge in [-0.1, -0.05) is 47.0 Å². The minimum atomic E-state index is 0.463. The third-order valence-electron chi connectivity index (χ3n) is 4.39. The van der Waals surface area contributed by atoms with Gasteiger partial charge >= 0.3 is 0 Å². The molecule has 1 aliphatic carbocycles. The van der Waals surface area contributed by atoms with Crippen molar-refractivity contribution in [2.45, 2.75) is 84.6 Å². The van der Waals surface area contributed by atoms with Gasteiger partial charge in [0.1, 0.15) is 0 Å². The lowest BCUT2D eigenvalue weighted by atomic mass is 9.89. The molecule has 0 aromatic carbocycles. The summed E-state index contributed by atoms with van der Waals surface area (Å²) in [7, 11) is 0. The molecule has 0 aliphatic heterocycles. The first-order chi connectivity index (χ1) is 8.89. The van der Waals surface area contributed by atoms with Crippen LogP contribution in [0.2, 0.25) is 0 Å². The molecule has 2 rings (SSSR count). The van der Waals surface area contributed by atoms with Crippen LogP contribution in [-0.2, 0) is 12.0 Å². The molecule has 0 saturated heterocycles. The van der Waals surface area contributed by atoms with Crippen molar-refractivity contribution in [2.75, 3.05) is 0 Å². The Hall–Kier alpha value is -0.790. The van der Waals surface area contributed by atoms with Gasteiger partial charge in [0.15, 0.2) is 0 Å². The number of aryl methyl sites for hydroxylation is 1. The van der Waals surface area contributed by atoms with Crippen LogP contribution in [0.5, 0.6) is 0 Å². The standard InChI is InChI=1S/C17H30N2/c1-16(2,3)9-7-5-6-8-12-19-14-15(13-18-19)17(4)10-11-17/h13-14H,5-12H2,1-4H3. The summed E-state index contributed by atoms with van der Waals surface area (Å²) in [5.41, 5.74) is 2.40. The van der Waals surface area contributed by atoms with Crippen molar-refractivity contribution in [2.24, 2.45) is 5.41 Å². The molecular weight excluding hydrogens is 232 g/mol. The van der Waals surface area contributed by atoms with Crippen LogP contribution in [0.25, 0.3) is 0 Å². The van der Waals surface area contributed by atoms with E-state index in [4.69, 9.17) is 0 Å². The summed E-state index contributed by atoms with van der Waals surface area (Å²) in [6.45, 7) is 10.4.